The van der Waals surface area contributed by atoms with E-state index in [-0.39, 0.29) is 12.0 Å². The highest BCUT2D eigenvalue weighted by molar-refractivity contribution is 5.73. The number of likely N-dealkylation sites (tertiary alicyclic amines) is 1. The molecule has 1 unspecified atom stereocenters. The normalized spacial score (nSPS) is 24.0. The van der Waals surface area contributed by atoms with Crippen molar-refractivity contribution in [1.82, 2.24) is 29.6 Å². The molecule has 1 atom stereocenters. The van der Waals surface area contributed by atoms with Crippen molar-refractivity contribution < 1.29 is 9.53 Å². The first-order valence-corrected chi connectivity index (χ1v) is 10.5. The number of rotatable bonds is 3. The zero-order chi connectivity index (χ0) is 19.1. The SMILES string of the molecule is CC(=O)N1CCOC(CN2CCC(c3nnc4cc5c(nn34)CCC5)CC2)C1. The second-order valence-corrected chi connectivity index (χ2v) is 8.33. The molecular formula is C20H28N6O2. The van der Waals surface area contributed by atoms with E-state index < -0.39 is 0 Å². The number of carbonyl (C=O) groups is 1. The monoisotopic (exact) mass is 384 g/mol. The molecule has 2 aromatic rings. The van der Waals surface area contributed by atoms with Crippen LogP contribution in [0.1, 0.15) is 49.2 Å². The van der Waals surface area contributed by atoms with Crippen molar-refractivity contribution in [1.29, 1.82) is 0 Å². The molecule has 3 aliphatic rings. The van der Waals surface area contributed by atoms with E-state index >= 15 is 0 Å². The minimum Gasteiger partial charge on any atom is -0.373 e. The van der Waals surface area contributed by atoms with Gasteiger partial charge >= 0.3 is 0 Å². The van der Waals surface area contributed by atoms with Crippen molar-refractivity contribution in [2.75, 3.05) is 39.3 Å². The molecule has 5 rings (SSSR count). The standard InChI is InChI=1S/C20H28N6O2/c1-14(27)25-9-10-28-17(13-25)12-24-7-5-15(6-8-24)20-22-21-19-11-16-3-2-4-18(16)23-26(19)20/h11,15,17H,2-10,12-13H2,1H3. The van der Waals surface area contributed by atoms with Crippen molar-refractivity contribution >= 4 is 11.6 Å². The predicted molar refractivity (Wildman–Crippen MR) is 103 cm³/mol. The highest BCUT2D eigenvalue weighted by atomic mass is 16.5. The summed E-state index contributed by atoms with van der Waals surface area (Å²) in [5.74, 6) is 1.56. The van der Waals surface area contributed by atoms with Gasteiger partial charge in [0.25, 0.3) is 0 Å². The third-order valence-corrected chi connectivity index (χ3v) is 6.44. The highest BCUT2D eigenvalue weighted by Gasteiger charge is 2.29. The maximum Gasteiger partial charge on any atom is 0.219 e. The van der Waals surface area contributed by atoms with Crippen LogP contribution < -0.4 is 0 Å². The first kappa shape index (κ1) is 18.0. The van der Waals surface area contributed by atoms with Crippen LogP contribution in [0.2, 0.25) is 0 Å². The van der Waals surface area contributed by atoms with Crippen molar-refractivity contribution in [3.05, 3.63) is 23.1 Å². The lowest BCUT2D eigenvalue weighted by atomic mass is 9.96. The average molecular weight is 384 g/mol. The van der Waals surface area contributed by atoms with Gasteiger partial charge in [0.05, 0.1) is 18.4 Å². The molecule has 1 aliphatic carbocycles. The zero-order valence-electron chi connectivity index (χ0n) is 16.5. The van der Waals surface area contributed by atoms with E-state index in [4.69, 9.17) is 9.84 Å². The van der Waals surface area contributed by atoms with Gasteiger partial charge in [-0.15, -0.1) is 10.2 Å². The third kappa shape index (κ3) is 3.39. The zero-order valence-corrected chi connectivity index (χ0v) is 16.5. The fourth-order valence-corrected chi connectivity index (χ4v) is 4.83. The number of morpholine rings is 1. The smallest absolute Gasteiger partial charge is 0.219 e. The van der Waals surface area contributed by atoms with Gasteiger partial charge in [0.1, 0.15) is 0 Å². The number of hydrogen-bond donors (Lipinski definition) is 0. The summed E-state index contributed by atoms with van der Waals surface area (Å²) >= 11 is 0. The average Bonchev–Trinajstić information content (AvgIpc) is 3.33. The lowest BCUT2D eigenvalue weighted by molar-refractivity contribution is -0.137. The highest BCUT2D eigenvalue weighted by Crippen LogP contribution is 2.28. The first-order chi connectivity index (χ1) is 13.7. The Balaban J connectivity index is 1.22. The number of aryl methyl sites for hydroxylation is 2. The molecule has 28 heavy (non-hydrogen) atoms. The molecule has 8 heteroatoms. The number of fused-ring (bicyclic) bond motifs is 2. The minimum atomic E-state index is 0.118. The number of carbonyl (C=O) groups excluding carboxylic acids is 1. The van der Waals surface area contributed by atoms with Crippen LogP contribution in [0, 0.1) is 0 Å². The Morgan fingerprint density at radius 3 is 2.89 bits per heavy atom. The summed E-state index contributed by atoms with van der Waals surface area (Å²) in [6, 6.07) is 2.17. The Morgan fingerprint density at radius 1 is 1.21 bits per heavy atom. The van der Waals surface area contributed by atoms with Crippen LogP contribution in [0.5, 0.6) is 0 Å². The van der Waals surface area contributed by atoms with E-state index in [2.05, 4.69) is 21.2 Å². The molecule has 150 valence electrons. The van der Waals surface area contributed by atoms with E-state index in [1.54, 1.807) is 6.92 Å². The molecule has 0 radical (unpaired) electrons. The molecule has 1 amide bonds. The van der Waals surface area contributed by atoms with Crippen LogP contribution >= 0.6 is 0 Å². The van der Waals surface area contributed by atoms with Crippen molar-refractivity contribution in [2.45, 2.75) is 51.0 Å². The summed E-state index contributed by atoms with van der Waals surface area (Å²) in [7, 11) is 0. The van der Waals surface area contributed by atoms with Gasteiger partial charge in [-0.25, -0.2) is 0 Å². The van der Waals surface area contributed by atoms with Gasteiger partial charge in [-0.2, -0.15) is 9.61 Å². The fraction of sp³-hybridized carbons (Fsp3) is 0.700. The summed E-state index contributed by atoms with van der Waals surface area (Å²) < 4.78 is 7.87. The Hall–Kier alpha value is -2.06. The molecule has 0 N–H and O–H groups in total. The van der Waals surface area contributed by atoms with Crippen LogP contribution in [0.3, 0.4) is 0 Å². The molecule has 0 aromatic carbocycles. The van der Waals surface area contributed by atoms with Gasteiger partial charge in [0, 0.05) is 32.5 Å². The number of nitrogens with zero attached hydrogens (tertiary/aromatic N) is 6. The number of piperidine rings is 1. The topological polar surface area (TPSA) is 75.9 Å². The Labute approximate surface area is 164 Å². The molecule has 2 fully saturated rings. The van der Waals surface area contributed by atoms with Crippen LogP contribution in [0.4, 0.5) is 0 Å². The van der Waals surface area contributed by atoms with Gasteiger partial charge in [-0.1, -0.05) is 0 Å². The molecule has 0 bridgehead atoms. The number of ether oxygens (including phenoxy) is 1. The molecular weight excluding hydrogens is 356 g/mol. The van der Waals surface area contributed by atoms with Gasteiger partial charge in [0.15, 0.2) is 11.5 Å². The summed E-state index contributed by atoms with van der Waals surface area (Å²) in [5, 5.41) is 13.7. The van der Waals surface area contributed by atoms with Gasteiger partial charge < -0.3 is 14.5 Å². The second-order valence-electron chi connectivity index (χ2n) is 8.33. The molecule has 8 nitrogen and oxygen atoms in total. The predicted octanol–water partition coefficient (Wildman–Crippen LogP) is 1.04. The van der Waals surface area contributed by atoms with Gasteiger partial charge in [-0.3, -0.25) is 4.79 Å². The molecule has 4 heterocycles. The number of aromatic nitrogens is 4. The Bertz CT molecular complexity index is 873. The second kappa shape index (κ2) is 7.40. The summed E-state index contributed by atoms with van der Waals surface area (Å²) in [4.78, 5) is 16.0. The molecule has 0 saturated carbocycles. The summed E-state index contributed by atoms with van der Waals surface area (Å²) in [5.41, 5.74) is 3.45. The number of hydrogen-bond acceptors (Lipinski definition) is 6. The van der Waals surface area contributed by atoms with E-state index in [1.165, 1.54) is 17.7 Å². The van der Waals surface area contributed by atoms with E-state index in [9.17, 15) is 4.79 Å². The molecule has 2 aliphatic heterocycles. The maximum absolute atomic E-state index is 11.6. The van der Waals surface area contributed by atoms with Crippen molar-refractivity contribution in [3.63, 3.8) is 0 Å². The summed E-state index contributed by atoms with van der Waals surface area (Å²) in [6.07, 6.45) is 5.61. The first-order valence-electron chi connectivity index (χ1n) is 10.5. The summed E-state index contributed by atoms with van der Waals surface area (Å²) in [6.45, 7) is 6.63. The molecule has 0 spiro atoms. The van der Waals surface area contributed by atoms with Crippen LogP contribution in [0.25, 0.3) is 5.65 Å². The fourth-order valence-electron chi connectivity index (χ4n) is 4.83. The van der Waals surface area contributed by atoms with E-state index in [0.717, 1.165) is 56.8 Å². The Morgan fingerprint density at radius 2 is 2.07 bits per heavy atom. The molecule has 2 aromatic heterocycles. The quantitative estimate of drug-likeness (QED) is 0.787. The van der Waals surface area contributed by atoms with E-state index in [0.29, 0.717) is 25.6 Å². The largest absolute Gasteiger partial charge is 0.373 e. The lowest BCUT2D eigenvalue weighted by Crippen LogP contribution is -2.50. The van der Waals surface area contributed by atoms with Crippen molar-refractivity contribution in [3.8, 4) is 0 Å². The molecule has 2 saturated heterocycles. The van der Waals surface area contributed by atoms with Crippen LogP contribution in [-0.2, 0) is 22.4 Å². The lowest BCUT2D eigenvalue weighted by Gasteiger charge is -2.37. The van der Waals surface area contributed by atoms with E-state index in [1.807, 2.05) is 9.42 Å². The number of amides is 1. The van der Waals surface area contributed by atoms with Gasteiger partial charge in [0.2, 0.25) is 5.91 Å². The van der Waals surface area contributed by atoms with Gasteiger partial charge in [-0.05, 0) is 56.8 Å². The Kier molecular flexibility index (Phi) is 4.76. The third-order valence-electron chi connectivity index (χ3n) is 6.44. The van der Waals surface area contributed by atoms with Crippen molar-refractivity contribution in [2.24, 2.45) is 0 Å². The van der Waals surface area contributed by atoms with Crippen LogP contribution in [0.15, 0.2) is 6.07 Å². The minimum absolute atomic E-state index is 0.118. The van der Waals surface area contributed by atoms with Crippen LogP contribution in [-0.4, -0.2) is 81.0 Å². The maximum atomic E-state index is 11.6.